The Kier molecular flexibility index (Phi) is 3.21. The Morgan fingerprint density at radius 1 is 0.613 bits per heavy atom. The van der Waals surface area contributed by atoms with E-state index in [1.807, 2.05) is 67.3 Å². The van der Waals surface area contributed by atoms with Crippen LogP contribution >= 0.6 is 0 Å². The van der Waals surface area contributed by atoms with Crippen LogP contribution in [0.5, 0.6) is 0 Å². The summed E-state index contributed by atoms with van der Waals surface area (Å²) in [6.07, 6.45) is 3.75. The van der Waals surface area contributed by atoms with E-state index in [0.29, 0.717) is 0 Å². The molecular formula is C26H16N4O. The number of furan rings is 1. The molecule has 0 atom stereocenters. The molecule has 0 aliphatic rings. The molecule has 0 amide bonds. The summed E-state index contributed by atoms with van der Waals surface area (Å²) in [5, 5.41) is 2.14. The third-order valence-corrected chi connectivity index (χ3v) is 5.90. The number of nitrogens with zero attached hydrogens (tertiary/aromatic N) is 4. The van der Waals surface area contributed by atoms with Crippen LogP contribution in [-0.4, -0.2) is 19.1 Å². The summed E-state index contributed by atoms with van der Waals surface area (Å²) in [4.78, 5) is 9.12. The maximum Gasteiger partial charge on any atom is 0.137 e. The Hall–Kier alpha value is -4.38. The molecule has 7 rings (SSSR count). The van der Waals surface area contributed by atoms with Crippen LogP contribution in [0.15, 0.2) is 102 Å². The average Bonchev–Trinajstić information content (AvgIpc) is 3.53. The molecule has 0 saturated heterocycles. The first-order valence-corrected chi connectivity index (χ1v) is 10.2. The van der Waals surface area contributed by atoms with E-state index in [1.54, 1.807) is 0 Å². The highest BCUT2D eigenvalue weighted by Gasteiger charge is 2.15. The normalized spacial score (nSPS) is 11.9. The Balaban J connectivity index is 1.53. The van der Waals surface area contributed by atoms with Crippen molar-refractivity contribution in [2.45, 2.75) is 0 Å². The summed E-state index contributed by atoms with van der Waals surface area (Å²) in [5.74, 6) is 0. The first kappa shape index (κ1) is 16.4. The van der Waals surface area contributed by atoms with Crippen molar-refractivity contribution in [2.24, 2.45) is 0 Å². The van der Waals surface area contributed by atoms with E-state index in [9.17, 15) is 0 Å². The topological polar surface area (TPSA) is 48.8 Å². The summed E-state index contributed by atoms with van der Waals surface area (Å²) >= 11 is 0. The molecule has 5 nitrogen and oxygen atoms in total. The van der Waals surface area contributed by atoms with Gasteiger partial charge in [-0.25, -0.2) is 9.97 Å². The van der Waals surface area contributed by atoms with Gasteiger partial charge >= 0.3 is 0 Å². The Morgan fingerprint density at radius 2 is 1.32 bits per heavy atom. The minimum absolute atomic E-state index is 0.859. The molecule has 0 saturated carbocycles. The van der Waals surface area contributed by atoms with Crippen LogP contribution in [0.3, 0.4) is 0 Å². The second kappa shape index (κ2) is 6.06. The zero-order chi connectivity index (χ0) is 20.4. The lowest BCUT2D eigenvalue weighted by Crippen LogP contribution is -1.93. The lowest BCUT2D eigenvalue weighted by atomic mass is 10.1. The van der Waals surface area contributed by atoms with Gasteiger partial charge in [0.1, 0.15) is 23.8 Å². The minimum Gasteiger partial charge on any atom is -0.456 e. The van der Waals surface area contributed by atoms with Crippen LogP contribution in [0.2, 0.25) is 0 Å². The molecule has 5 heteroatoms. The zero-order valence-electron chi connectivity index (χ0n) is 16.4. The monoisotopic (exact) mass is 400 g/mol. The smallest absolute Gasteiger partial charge is 0.137 e. The number of hydrogen-bond donors (Lipinski definition) is 0. The van der Waals surface area contributed by atoms with Crippen molar-refractivity contribution in [3.05, 3.63) is 97.6 Å². The predicted molar refractivity (Wildman–Crippen MR) is 123 cm³/mol. The van der Waals surface area contributed by atoms with Gasteiger partial charge in [0.25, 0.3) is 0 Å². The molecule has 0 spiro atoms. The van der Waals surface area contributed by atoms with Crippen molar-refractivity contribution in [1.82, 2.24) is 19.1 Å². The Morgan fingerprint density at radius 3 is 2.13 bits per heavy atom. The summed E-state index contributed by atoms with van der Waals surface area (Å²) < 4.78 is 10.4. The first-order chi connectivity index (χ1) is 15.4. The maximum atomic E-state index is 6.20. The van der Waals surface area contributed by atoms with Gasteiger partial charge < -0.3 is 4.42 Å². The van der Waals surface area contributed by atoms with E-state index >= 15 is 0 Å². The van der Waals surface area contributed by atoms with Crippen LogP contribution < -0.4 is 0 Å². The number of imidazole rings is 2. The van der Waals surface area contributed by atoms with Gasteiger partial charge in [-0.1, -0.05) is 30.3 Å². The van der Waals surface area contributed by atoms with Gasteiger partial charge in [-0.3, -0.25) is 9.13 Å². The van der Waals surface area contributed by atoms with E-state index in [1.165, 1.54) is 0 Å². The van der Waals surface area contributed by atoms with Gasteiger partial charge in [0.05, 0.1) is 33.1 Å². The van der Waals surface area contributed by atoms with Crippen molar-refractivity contribution in [3.8, 4) is 11.4 Å². The summed E-state index contributed by atoms with van der Waals surface area (Å²) in [6, 6.07) is 28.8. The van der Waals surface area contributed by atoms with E-state index < -0.39 is 0 Å². The minimum atomic E-state index is 0.859. The highest BCUT2D eigenvalue weighted by atomic mass is 16.3. The number of benzene rings is 4. The zero-order valence-corrected chi connectivity index (χ0v) is 16.4. The summed E-state index contributed by atoms with van der Waals surface area (Å²) in [5.41, 5.74) is 7.92. The third-order valence-electron chi connectivity index (χ3n) is 5.90. The molecule has 4 aromatic carbocycles. The van der Waals surface area contributed by atoms with E-state index in [0.717, 1.165) is 55.4 Å². The number of rotatable bonds is 2. The van der Waals surface area contributed by atoms with Crippen LogP contribution in [0.4, 0.5) is 0 Å². The second-order valence-corrected chi connectivity index (χ2v) is 7.64. The molecule has 0 N–H and O–H groups in total. The van der Waals surface area contributed by atoms with Crippen molar-refractivity contribution in [1.29, 1.82) is 0 Å². The molecule has 0 unspecified atom stereocenters. The van der Waals surface area contributed by atoms with Crippen molar-refractivity contribution < 1.29 is 4.42 Å². The molecule has 0 aliphatic heterocycles. The van der Waals surface area contributed by atoms with Crippen molar-refractivity contribution in [3.63, 3.8) is 0 Å². The second-order valence-electron chi connectivity index (χ2n) is 7.64. The van der Waals surface area contributed by atoms with Crippen LogP contribution in [0.25, 0.3) is 55.4 Å². The summed E-state index contributed by atoms with van der Waals surface area (Å²) in [7, 11) is 0. The molecule has 31 heavy (non-hydrogen) atoms. The number of fused-ring (bicyclic) bond motifs is 5. The van der Waals surface area contributed by atoms with Gasteiger partial charge in [0.2, 0.25) is 0 Å². The first-order valence-electron chi connectivity index (χ1n) is 10.2. The maximum absolute atomic E-state index is 6.20. The fraction of sp³-hybridized carbons (Fsp3) is 0. The van der Waals surface area contributed by atoms with Gasteiger partial charge in [-0.2, -0.15) is 0 Å². The van der Waals surface area contributed by atoms with Crippen molar-refractivity contribution >= 4 is 44.0 Å². The standard InChI is InChI=1S/C26H16N4O/c1-3-8-21-19(6-1)27-15-29(21)17-12-13-24-18(14-17)26-23(10-5-11-25(26)31-24)30-16-28-20-7-2-4-9-22(20)30/h1-16H. The Bertz CT molecular complexity index is 1750. The fourth-order valence-corrected chi connectivity index (χ4v) is 4.46. The molecule has 3 aromatic heterocycles. The lowest BCUT2D eigenvalue weighted by Gasteiger charge is -2.07. The van der Waals surface area contributed by atoms with Gasteiger partial charge in [-0.05, 0) is 54.6 Å². The molecule has 3 heterocycles. The molecular weight excluding hydrogens is 384 g/mol. The quantitative estimate of drug-likeness (QED) is 0.344. The fourth-order valence-electron chi connectivity index (χ4n) is 4.46. The van der Waals surface area contributed by atoms with Gasteiger partial charge in [-0.15, -0.1) is 0 Å². The van der Waals surface area contributed by atoms with E-state index in [4.69, 9.17) is 4.42 Å². The number of aromatic nitrogens is 4. The SMILES string of the molecule is c1ccc2c(c1)ncn2-c1ccc2oc3cccc(-n4cnc5ccccc54)c3c2c1. The molecule has 0 radical (unpaired) electrons. The van der Waals surface area contributed by atoms with Crippen LogP contribution in [0.1, 0.15) is 0 Å². The molecule has 0 aliphatic carbocycles. The number of hydrogen-bond acceptors (Lipinski definition) is 3. The average molecular weight is 400 g/mol. The molecule has 0 fully saturated rings. The lowest BCUT2D eigenvalue weighted by molar-refractivity contribution is 0.668. The van der Waals surface area contributed by atoms with Crippen molar-refractivity contribution in [2.75, 3.05) is 0 Å². The Labute approximate surface area is 176 Å². The number of para-hydroxylation sites is 4. The van der Waals surface area contributed by atoms with Gasteiger partial charge in [0.15, 0.2) is 0 Å². The van der Waals surface area contributed by atoms with Gasteiger partial charge in [0, 0.05) is 11.1 Å². The highest BCUT2D eigenvalue weighted by molar-refractivity contribution is 6.10. The highest BCUT2D eigenvalue weighted by Crippen LogP contribution is 2.36. The van der Waals surface area contributed by atoms with E-state index in [2.05, 4.69) is 49.4 Å². The van der Waals surface area contributed by atoms with Crippen LogP contribution in [-0.2, 0) is 0 Å². The van der Waals surface area contributed by atoms with Crippen LogP contribution in [0, 0.1) is 0 Å². The summed E-state index contributed by atoms with van der Waals surface area (Å²) in [6.45, 7) is 0. The molecule has 7 aromatic rings. The van der Waals surface area contributed by atoms with E-state index in [-0.39, 0.29) is 0 Å². The molecule has 146 valence electrons. The largest absolute Gasteiger partial charge is 0.456 e. The predicted octanol–water partition coefficient (Wildman–Crippen LogP) is 6.26. The third kappa shape index (κ3) is 2.31. The molecule has 0 bridgehead atoms.